The highest BCUT2D eigenvalue weighted by molar-refractivity contribution is 6.32. The molecule has 115 heavy (non-hydrogen) atoms. The van der Waals surface area contributed by atoms with Gasteiger partial charge in [-0.05, 0) is 171 Å². The van der Waals surface area contributed by atoms with E-state index in [-0.39, 0.29) is 91.3 Å². The lowest BCUT2D eigenvalue weighted by Crippen LogP contribution is -2.61. The second-order valence-electron chi connectivity index (χ2n) is 31.5. The Labute approximate surface area is 668 Å². The van der Waals surface area contributed by atoms with E-state index in [9.17, 15) is 55.2 Å². The zero-order valence-electron chi connectivity index (χ0n) is 63.2. The summed E-state index contributed by atoms with van der Waals surface area (Å²) in [5, 5.41) is 116. The first-order valence-electron chi connectivity index (χ1n) is 37.8. The van der Waals surface area contributed by atoms with E-state index in [1.54, 1.807) is 0 Å². The number of carbonyl (C=O) groups is 9. The number of ether oxygens (including phenoxy) is 7. The number of hydrogen-bond acceptors (Lipinski definition) is 26. The Kier molecular flexibility index (Phi) is 24.5. The molecule has 35 nitrogen and oxygen atoms in total. The van der Waals surface area contributed by atoms with Crippen molar-refractivity contribution in [2.75, 3.05) is 20.7 Å². The van der Waals surface area contributed by atoms with Crippen LogP contribution < -0.4 is 78.3 Å². The number of fused-ring (bicyclic) bond motifs is 15. The predicted octanol–water partition coefficient (Wildman–Crippen LogP) is 1.98. The fraction of sp³-hybridized carbons (Fsp3) is 0.500. The van der Waals surface area contributed by atoms with Gasteiger partial charge in [0.15, 0.2) is 17.8 Å². The van der Waals surface area contributed by atoms with Gasteiger partial charge in [0.1, 0.15) is 102 Å². The molecule has 37 heteroatoms. The number of nitrogens with two attached hydrogens (primary N) is 2. The Morgan fingerprint density at radius 1 is 0.678 bits per heavy atom. The number of hydrogen-bond donors (Lipinski definition) is 19. The molecule has 11 aliphatic rings. The number of nitrogens with one attached hydrogen (secondary N) is 9. The quantitative estimate of drug-likeness (QED) is 0.0712. The average molecular weight is 1640 g/mol. The second-order valence-corrected chi connectivity index (χ2v) is 32.3. The normalized spacial score (nSPS) is 32.0. The first-order valence-corrected chi connectivity index (χ1v) is 38.6. The van der Waals surface area contributed by atoms with Gasteiger partial charge in [-0.25, -0.2) is 4.79 Å². The summed E-state index contributed by atoms with van der Waals surface area (Å²) in [6.07, 6.45) is -15.7. The van der Waals surface area contributed by atoms with Gasteiger partial charge in [-0.1, -0.05) is 55.2 Å². The largest absolute Gasteiger partial charge is 0.507 e. The molecule has 5 aromatic rings. The first kappa shape index (κ1) is 83.2. The smallest absolute Gasteiger partial charge is 0.412 e. The van der Waals surface area contributed by atoms with Crippen LogP contribution in [0.1, 0.15) is 137 Å². The van der Waals surface area contributed by atoms with E-state index in [0.29, 0.717) is 11.8 Å². The van der Waals surface area contributed by atoms with Crippen molar-refractivity contribution in [2.24, 2.45) is 41.1 Å². The predicted molar refractivity (Wildman–Crippen MR) is 404 cm³/mol. The van der Waals surface area contributed by atoms with Crippen LogP contribution in [0.4, 0.5) is 4.79 Å². The van der Waals surface area contributed by atoms with Gasteiger partial charge < -0.3 is 133 Å². The van der Waals surface area contributed by atoms with E-state index in [4.69, 9.17) is 67.8 Å². The lowest BCUT2D eigenvalue weighted by molar-refractivity contribution is -0.277. The van der Waals surface area contributed by atoms with Crippen LogP contribution in [0.2, 0.25) is 10.0 Å². The molecule has 15 bridgehead atoms. The first-order chi connectivity index (χ1) is 54.6. The van der Waals surface area contributed by atoms with E-state index in [1.165, 1.54) is 64.3 Å². The zero-order chi connectivity index (χ0) is 82.7. The molecule has 0 spiro atoms. The van der Waals surface area contributed by atoms with Crippen molar-refractivity contribution >= 4 is 76.6 Å². The number of aliphatic hydroxyl groups excluding tert-OH is 6. The second kappa shape index (κ2) is 33.8. The fourth-order valence-electron chi connectivity index (χ4n) is 17.1. The lowest BCUT2D eigenvalue weighted by atomic mass is 9.54. The van der Waals surface area contributed by atoms with Crippen LogP contribution in [0.5, 0.6) is 46.0 Å². The summed E-state index contributed by atoms with van der Waals surface area (Å²) < 4.78 is 44.4. The van der Waals surface area contributed by atoms with Crippen molar-refractivity contribution < 1.29 is 117 Å². The summed E-state index contributed by atoms with van der Waals surface area (Å²) in [5.41, 5.74) is 9.04. The molecule has 5 aromatic carbocycles. The number of aliphatic hydroxyl groups is 6. The highest BCUT2D eigenvalue weighted by Crippen LogP contribution is 2.55. The standard InChI is InChI=1S/C78H93Cl2N11O24/c1-29(2)13-44(83-5)69(101)90-60-62(96)34-8-11-48(42(79)20-34)111-50-22-38-23-51(67(50)115-76-65(99)64(98)63(97)52(28-92)113-76)112-49-12-9-35(21-43(49)80)66(114-54-27-78(4,82)68(100)30(3)109-54)61-75(107)89-59(73(105)86-56-36-15-31-14-32(17-36)18-37(56)16-31)41-24-39(110-77(108)84-6)25-47(94)55(41)40-19-33(7-10-46(40)93)57(71(103)91-61)88-72(104)58(38)87-70(102)45(26-53(81)95)85-74(60)106/h7-12,19-25,29-32,36-37,44-45,52,54,56-66,68,76,83,92-94,96-100H,13-18,26-28,82H2,1-6H3,(H2,81,95)(H,84,108)(H,85,106)(H,86,105)(H,87,102)(H,88,104)(H,89,107)(H,90,101)(H,91,103)/t30?,31?,32?,36?,37?,44-,45+,52?,54?,56?,57-,58-,59+,60-,61+,62-,63?,64?,65?,66-,68?,76?,78?/m1/s1. The molecule has 9 amide bonds. The van der Waals surface area contributed by atoms with Gasteiger partial charge in [0.2, 0.25) is 59.3 Å². The summed E-state index contributed by atoms with van der Waals surface area (Å²) in [6, 6.07) is 0.680. The summed E-state index contributed by atoms with van der Waals surface area (Å²) in [7, 11) is 2.74. The number of halogens is 2. The molecule has 9 unspecified atom stereocenters. The Morgan fingerprint density at radius 3 is 1.90 bits per heavy atom. The molecule has 2 saturated heterocycles. The number of aromatic hydroxyl groups is 2. The number of likely N-dealkylation sites (N-methyl/N-ethyl adjacent to an activating group) is 1. The van der Waals surface area contributed by atoms with Crippen LogP contribution in [0.25, 0.3) is 11.1 Å². The number of rotatable bonds is 15. The van der Waals surface area contributed by atoms with Gasteiger partial charge in [-0.15, -0.1) is 0 Å². The molecule has 16 rings (SSSR count). The molecule has 7 heterocycles. The summed E-state index contributed by atoms with van der Waals surface area (Å²) in [6.45, 7) is 5.72. The van der Waals surface area contributed by atoms with E-state index in [2.05, 4.69) is 47.9 Å². The third-order valence-corrected chi connectivity index (χ3v) is 23.3. The molecule has 21 N–H and O–H groups in total. The molecule has 18 atom stereocenters. The Morgan fingerprint density at radius 2 is 1.30 bits per heavy atom. The third kappa shape index (κ3) is 17.4. The zero-order valence-corrected chi connectivity index (χ0v) is 64.7. The van der Waals surface area contributed by atoms with E-state index < -0.39 is 216 Å². The molecule has 7 aliphatic heterocycles. The van der Waals surface area contributed by atoms with Crippen LogP contribution in [-0.4, -0.2) is 200 Å². The third-order valence-electron chi connectivity index (χ3n) is 22.7. The van der Waals surface area contributed by atoms with Gasteiger partial charge in [-0.2, -0.15) is 0 Å². The van der Waals surface area contributed by atoms with Gasteiger partial charge in [0.25, 0.3) is 0 Å². The average Bonchev–Trinajstić information content (AvgIpc) is 0.756. The Bertz CT molecular complexity index is 4600. The molecule has 4 saturated carbocycles. The highest BCUT2D eigenvalue weighted by Gasteiger charge is 2.52. The van der Waals surface area contributed by atoms with Crippen molar-refractivity contribution in [3.05, 3.63) is 117 Å². The SMILES string of the molecule is CNC(=O)Oc1cc(O)c2c(c1)[C@@H](C(=O)NC1C3CC4CC(C3)CC1C4)NC(=O)[C@H]1NC(=O)[C@H](NC(=O)[C@@H]3NC(=O)[C@H](CC(N)=O)NC(=O)[C@H](NC(=O)[C@@H](CC(C)C)NC)[C@H](O)c4ccc(c(Cl)c4)Oc4cc3cc(c4OC3OC(CO)C(O)C(O)C3O)Oc3ccc(cc3Cl)[C@H]1OC1CC(C)(N)C(O)C(C)O1)c1ccc(O)c-2c1. The number of phenols is 2. The van der Waals surface area contributed by atoms with Crippen molar-refractivity contribution in [3.8, 4) is 57.1 Å². The van der Waals surface area contributed by atoms with Crippen LogP contribution in [0.3, 0.4) is 0 Å². The topological polar surface area (TPSA) is 540 Å². The van der Waals surface area contributed by atoms with E-state index >= 15 is 28.8 Å². The minimum Gasteiger partial charge on any atom is -0.507 e. The molecule has 6 fully saturated rings. The van der Waals surface area contributed by atoms with E-state index in [0.717, 1.165) is 74.6 Å². The van der Waals surface area contributed by atoms with Gasteiger partial charge in [0, 0.05) is 42.2 Å². The number of amides is 9. The van der Waals surface area contributed by atoms with Gasteiger partial charge in [-0.3, -0.25) is 38.4 Å². The fourth-order valence-corrected chi connectivity index (χ4v) is 17.6. The van der Waals surface area contributed by atoms with Crippen LogP contribution in [-0.2, 0) is 52.6 Å². The van der Waals surface area contributed by atoms with Crippen LogP contribution >= 0.6 is 23.2 Å². The minimum absolute atomic E-state index is 0.0219. The molecule has 0 radical (unpaired) electrons. The maximum atomic E-state index is 16.5. The molecule has 618 valence electrons. The number of carbonyl (C=O) groups excluding carboxylic acids is 9. The maximum absolute atomic E-state index is 16.5. The van der Waals surface area contributed by atoms with Crippen molar-refractivity contribution in [1.82, 2.24) is 47.9 Å². The van der Waals surface area contributed by atoms with Gasteiger partial charge >= 0.3 is 6.09 Å². The van der Waals surface area contributed by atoms with Crippen LogP contribution in [0, 0.1) is 29.6 Å². The highest BCUT2D eigenvalue weighted by atomic mass is 35.5. The number of primary amides is 1. The number of benzene rings is 5. The van der Waals surface area contributed by atoms with Crippen molar-refractivity contribution in [3.63, 3.8) is 0 Å². The minimum atomic E-state index is -2.35. The van der Waals surface area contributed by atoms with Crippen molar-refractivity contribution in [1.29, 1.82) is 0 Å². The summed E-state index contributed by atoms with van der Waals surface area (Å²) in [4.78, 5) is 137. The number of phenolic OH excluding ortho intramolecular Hbond substituents is 2. The Hall–Kier alpha value is -9.73. The van der Waals surface area contributed by atoms with E-state index in [1.807, 2.05) is 13.8 Å². The molecule has 4 aliphatic carbocycles. The molecular formula is C78H93Cl2N11O24. The summed E-state index contributed by atoms with van der Waals surface area (Å²) >= 11 is 14.5. The summed E-state index contributed by atoms with van der Waals surface area (Å²) in [5.74, 6) is -13.2. The van der Waals surface area contributed by atoms with Crippen LogP contribution in [0.15, 0.2) is 78.9 Å². The Balaban J connectivity index is 1.05. The molecular weight excluding hydrogens is 1550 g/mol. The monoisotopic (exact) mass is 1640 g/mol. The molecule has 0 aromatic heterocycles. The van der Waals surface area contributed by atoms with Gasteiger partial charge in [0.05, 0.1) is 41.3 Å². The van der Waals surface area contributed by atoms with Crippen molar-refractivity contribution in [2.45, 2.75) is 194 Å². The lowest BCUT2D eigenvalue weighted by Gasteiger charge is -2.54. The maximum Gasteiger partial charge on any atom is 0.412 e.